The molecule has 1 aromatic carbocycles. The van der Waals surface area contributed by atoms with E-state index in [2.05, 4.69) is 4.57 Å². The summed E-state index contributed by atoms with van der Waals surface area (Å²) < 4.78 is 34.3. The lowest BCUT2D eigenvalue weighted by atomic mass is 9.83. The fraction of sp³-hybridized carbons (Fsp3) is 0.571. The van der Waals surface area contributed by atoms with E-state index in [1.807, 2.05) is 18.3 Å². The van der Waals surface area contributed by atoms with Gasteiger partial charge in [0.1, 0.15) is 0 Å². The first-order valence-corrected chi connectivity index (χ1v) is 10.1. The summed E-state index contributed by atoms with van der Waals surface area (Å²) in [5.74, 6) is -2.27. The van der Waals surface area contributed by atoms with E-state index in [0.29, 0.717) is 42.9 Å². The molecular formula is C21H24ClF2NO2. The first-order chi connectivity index (χ1) is 12.9. The van der Waals surface area contributed by atoms with Gasteiger partial charge in [-0.3, -0.25) is 4.79 Å². The Morgan fingerprint density at radius 2 is 2.04 bits per heavy atom. The van der Waals surface area contributed by atoms with Crippen LogP contribution in [0.3, 0.4) is 0 Å². The standard InChI is InChI=1S/C21H24ClF2NO2/c22-17-2-1-3-18-20(17)16(12-25(18)15-8-11-27-13-15)19(26)5-4-14-6-9-21(23,24)10-7-14/h1-3,12,14-15H,4-11,13H2. The second-order valence-corrected chi connectivity index (χ2v) is 8.27. The van der Waals surface area contributed by atoms with E-state index >= 15 is 0 Å². The zero-order valence-corrected chi connectivity index (χ0v) is 16.0. The predicted octanol–water partition coefficient (Wildman–Crippen LogP) is 6.04. The largest absolute Gasteiger partial charge is 0.379 e. The van der Waals surface area contributed by atoms with Crippen LogP contribution in [-0.2, 0) is 4.74 Å². The molecule has 0 N–H and O–H groups in total. The average Bonchev–Trinajstić information content (AvgIpc) is 3.28. The molecule has 1 unspecified atom stereocenters. The van der Waals surface area contributed by atoms with Gasteiger partial charge in [0.05, 0.1) is 23.2 Å². The van der Waals surface area contributed by atoms with Crippen molar-refractivity contribution in [1.29, 1.82) is 0 Å². The number of ketones is 1. The van der Waals surface area contributed by atoms with Crippen LogP contribution in [-0.4, -0.2) is 29.5 Å². The molecule has 27 heavy (non-hydrogen) atoms. The Morgan fingerprint density at radius 3 is 2.74 bits per heavy atom. The number of nitrogens with zero attached hydrogens (tertiary/aromatic N) is 1. The highest BCUT2D eigenvalue weighted by Crippen LogP contribution is 2.39. The van der Waals surface area contributed by atoms with Gasteiger partial charge in [0.2, 0.25) is 5.92 Å². The Kier molecular flexibility index (Phi) is 5.26. The Balaban J connectivity index is 1.53. The van der Waals surface area contributed by atoms with Crippen LogP contribution in [0.5, 0.6) is 0 Å². The minimum absolute atomic E-state index is 0.0445. The molecule has 1 aromatic heterocycles. The third-order valence-corrected chi connectivity index (χ3v) is 6.34. The molecule has 0 spiro atoms. The Hall–Kier alpha value is -1.46. The Labute approximate surface area is 162 Å². The van der Waals surface area contributed by atoms with E-state index in [1.54, 1.807) is 6.07 Å². The summed E-state index contributed by atoms with van der Waals surface area (Å²) in [6.07, 6.45) is 4.76. The molecule has 1 aliphatic carbocycles. The van der Waals surface area contributed by atoms with E-state index in [-0.39, 0.29) is 30.6 Å². The van der Waals surface area contributed by atoms with Crippen molar-refractivity contribution < 1.29 is 18.3 Å². The zero-order valence-electron chi connectivity index (χ0n) is 15.2. The summed E-state index contributed by atoms with van der Waals surface area (Å²) in [5.41, 5.74) is 1.60. The number of carbonyl (C=O) groups is 1. The van der Waals surface area contributed by atoms with Gasteiger partial charge in [-0.05, 0) is 43.7 Å². The summed E-state index contributed by atoms with van der Waals surface area (Å²) in [6, 6.07) is 5.90. The molecule has 2 aliphatic rings. The Bertz CT molecular complexity index is 832. The number of alkyl halides is 2. The van der Waals surface area contributed by atoms with Gasteiger partial charge in [-0.15, -0.1) is 0 Å². The lowest BCUT2D eigenvalue weighted by Gasteiger charge is -2.27. The number of ether oxygens (including phenoxy) is 1. The lowest BCUT2D eigenvalue weighted by Crippen LogP contribution is -2.24. The molecule has 4 rings (SSSR count). The first kappa shape index (κ1) is 18.9. The van der Waals surface area contributed by atoms with Crippen LogP contribution >= 0.6 is 11.6 Å². The summed E-state index contributed by atoms with van der Waals surface area (Å²) in [4.78, 5) is 13.0. The van der Waals surface area contributed by atoms with E-state index in [0.717, 1.165) is 23.9 Å². The monoisotopic (exact) mass is 395 g/mol. The van der Waals surface area contributed by atoms with Crippen molar-refractivity contribution >= 4 is 28.3 Å². The van der Waals surface area contributed by atoms with E-state index in [9.17, 15) is 13.6 Å². The van der Waals surface area contributed by atoms with E-state index < -0.39 is 5.92 Å². The highest BCUT2D eigenvalue weighted by atomic mass is 35.5. The van der Waals surface area contributed by atoms with Gasteiger partial charge in [0.25, 0.3) is 0 Å². The SMILES string of the molecule is O=C(CCC1CCC(F)(F)CC1)c1cn(C2CCOC2)c2cccc(Cl)c12. The van der Waals surface area contributed by atoms with E-state index in [1.165, 1.54) is 0 Å². The summed E-state index contributed by atoms with van der Waals surface area (Å²) in [7, 11) is 0. The Morgan fingerprint density at radius 1 is 1.26 bits per heavy atom. The van der Waals surface area contributed by atoms with Crippen molar-refractivity contribution in [2.45, 2.75) is 56.9 Å². The number of rotatable bonds is 5. The minimum Gasteiger partial charge on any atom is -0.379 e. The number of aromatic nitrogens is 1. The van der Waals surface area contributed by atoms with Crippen LogP contribution in [0.2, 0.25) is 5.02 Å². The summed E-state index contributed by atoms with van der Waals surface area (Å²) >= 11 is 6.43. The number of hydrogen-bond acceptors (Lipinski definition) is 2. The fourth-order valence-electron chi connectivity index (χ4n) is 4.38. The summed E-state index contributed by atoms with van der Waals surface area (Å²) in [5, 5.41) is 1.37. The van der Waals surface area contributed by atoms with Crippen LogP contribution in [0.25, 0.3) is 10.9 Å². The molecule has 1 saturated heterocycles. The van der Waals surface area contributed by atoms with Crippen molar-refractivity contribution in [2.24, 2.45) is 5.92 Å². The highest BCUT2D eigenvalue weighted by molar-refractivity contribution is 6.37. The van der Waals surface area contributed by atoms with E-state index in [4.69, 9.17) is 16.3 Å². The number of Topliss-reactive ketones (excluding diaryl/α,β-unsaturated/α-hetero) is 1. The van der Waals surface area contributed by atoms with Gasteiger partial charge in [0.15, 0.2) is 5.78 Å². The molecular weight excluding hydrogens is 372 g/mol. The maximum absolute atomic E-state index is 13.3. The molecule has 0 amide bonds. The lowest BCUT2D eigenvalue weighted by molar-refractivity contribution is -0.0464. The highest BCUT2D eigenvalue weighted by Gasteiger charge is 2.35. The summed E-state index contributed by atoms with van der Waals surface area (Å²) in [6.45, 7) is 1.36. The molecule has 2 aromatic rings. The number of hydrogen-bond donors (Lipinski definition) is 0. The van der Waals surface area contributed by atoms with Crippen molar-refractivity contribution in [3.63, 3.8) is 0 Å². The average molecular weight is 396 g/mol. The normalized spacial score (nSPS) is 23.1. The topological polar surface area (TPSA) is 31.2 Å². The van der Waals surface area contributed by atoms with Gasteiger partial charge in [-0.25, -0.2) is 8.78 Å². The van der Waals surface area contributed by atoms with Crippen LogP contribution in [0, 0.1) is 5.92 Å². The number of halogens is 3. The molecule has 146 valence electrons. The number of carbonyl (C=O) groups excluding carboxylic acids is 1. The molecule has 2 heterocycles. The molecule has 1 aliphatic heterocycles. The quantitative estimate of drug-likeness (QED) is 0.577. The molecule has 0 bridgehead atoms. The van der Waals surface area contributed by atoms with Crippen molar-refractivity contribution in [3.8, 4) is 0 Å². The van der Waals surface area contributed by atoms with Gasteiger partial charge < -0.3 is 9.30 Å². The van der Waals surface area contributed by atoms with Gasteiger partial charge in [-0.2, -0.15) is 0 Å². The molecule has 6 heteroatoms. The molecule has 2 fully saturated rings. The number of benzene rings is 1. The first-order valence-electron chi connectivity index (χ1n) is 9.72. The van der Waals surface area contributed by atoms with Crippen LogP contribution in [0.4, 0.5) is 8.78 Å². The maximum atomic E-state index is 13.3. The predicted molar refractivity (Wildman–Crippen MR) is 102 cm³/mol. The third-order valence-electron chi connectivity index (χ3n) is 6.02. The minimum atomic E-state index is -2.52. The third kappa shape index (κ3) is 3.90. The second-order valence-electron chi connectivity index (χ2n) is 7.86. The van der Waals surface area contributed by atoms with Gasteiger partial charge in [-0.1, -0.05) is 17.7 Å². The van der Waals surface area contributed by atoms with Crippen molar-refractivity contribution in [3.05, 3.63) is 35.0 Å². The molecule has 1 atom stereocenters. The zero-order chi connectivity index (χ0) is 19.0. The fourth-order valence-corrected chi connectivity index (χ4v) is 4.65. The van der Waals surface area contributed by atoms with Crippen LogP contribution < -0.4 is 0 Å². The maximum Gasteiger partial charge on any atom is 0.248 e. The van der Waals surface area contributed by atoms with Gasteiger partial charge >= 0.3 is 0 Å². The molecule has 3 nitrogen and oxygen atoms in total. The molecule has 1 saturated carbocycles. The van der Waals surface area contributed by atoms with Crippen LogP contribution in [0.15, 0.2) is 24.4 Å². The van der Waals surface area contributed by atoms with Crippen molar-refractivity contribution in [2.75, 3.05) is 13.2 Å². The number of fused-ring (bicyclic) bond motifs is 1. The second kappa shape index (κ2) is 7.51. The molecule has 0 radical (unpaired) electrons. The van der Waals surface area contributed by atoms with Crippen molar-refractivity contribution in [1.82, 2.24) is 4.57 Å². The van der Waals surface area contributed by atoms with Crippen LogP contribution in [0.1, 0.15) is 61.3 Å². The smallest absolute Gasteiger partial charge is 0.248 e. The van der Waals surface area contributed by atoms with Gasteiger partial charge in [0, 0.05) is 43.0 Å².